The van der Waals surface area contributed by atoms with Crippen LogP contribution in [0.1, 0.15) is 32.6 Å². The van der Waals surface area contributed by atoms with Gasteiger partial charge in [0, 0.05) is 0 Å². The van der Waals surface area contributed by atoms with Crippen molar-refractivity contribution < 1.29 is 0 Å². The van der Waals surface area contributed by atoms with Gasteiger partial charge in [-0.15, -0.1) is 0 Å². The van der Waals surface area contributed by atoms with E-state index in [1.807, 2.05) is 0 Å². The van der Waals surface area contributed by atoms with Crippen LogP contribution in [-0.2, 0) is 0 Å². The predicted octanol–water partition coefficient (Wildman–Crippen LogP) is 3.16. The molecule has 9 heavy (non-hydrogen) atoms. The van der Waals surface area contributed by atoms with E-state index in [0.717, 1.165) is 12.8 Å². The maximum absolute atomic E-state index is 3.86. The minimum absolute atomic E-state index is 0.886. The molecule has 0 atom stereocenters. The van der Waals surface area contributed by atoms with Crippen LogP contribution < -0.4 is 0 Å². The Hall–Kier alpha value is -0.390. The van der Waals surface area contributed by atoms with E-state index in [1.165, 1.54) is 18.4 Å². The monoisotopic (exact) mass is 124 g/mol. The van der Waals surface area contributed by atoms with Crippen LogP contribution in [0.4, 0.5) is 0 Å². The molecule has 0 aromatic heterocycles. The van der Waals surface area contributed by atoms with E-state index in [1.54, 1.807) is 0 Å². The summed E-state index contributed by atoms with van der Waals surface area (Å²) in [6, 6.07) is 0. The molecule has 0 aliphatic rings. The lowest BCUT2D eigenvalue weighted by Gasteiger charge is -1.95. The van der Waals surface area contributed by atoms with Gasteiger partial charge in [-0.1, -0.05) is 19.9 Å². The van der Waals surface area contributed by atoms with Crippen LogP contribution in [0.2, 0.25) is 0 Å². The van der Waals surface area contributed by atoms with Crippen LogP contribution in [0.5, 0.6) is 0 Å². The molecule has 0 heteroatoms. The highest BCUT2D eigenvalue weighted by Gasteiger charge is 1.92. The molecule has 0 heterocycles. The Morgan fingerprint density at radius 2 is 2.33 bits per heavy atom. The highest BCUT2D eigenvalue weighted by atomic mass is 13.9. The van der Waals surface area contributed by atoms with Gasteiger partial charge < -0.3 is 0 Å². The van der Waals surface area contributed by atoms with Crippen LogP contribution in [0.25, 0.3) is 0 Å². The summed E-state index contributed by atoms with van der Waals surface area (Å²) in [5, 5.41) is 0. The zero-order chi connectivity index (χ0) is 7.11. The molecule has 0 aromatic carbocycles. The first kappa shape index (κ1) is 8.61. The van der Waals surface area contributed by atoms with Gasteiger partial charge in [0.2, 0.25) is 0 Å². The topological polar surface area (TPSA) is 0 Å². The average Bonchev–Trinajstić information content (AvgIpc) is 1.89. The second-order valence-corrected chi connectivity index (χ2v) is 2.24. The smallest absolute Gasteiger partial charge is 0.0956 e. The minimum atomic E-state index is 0.886. The fourth-order valence-corrected chi connectivity index (χ4v) is 0.635. The van der Waals surface area contributed by atoms with E-state index in [-0.39, 0.29) is 0 Å². The van der Waals surface area contributed by atoms with Crippen LogP contribution in [0.3, 0.4) is 0 Å². The highest BCUT2D eigenvalue weighted by Crippen LogP contribution is 2.07. The molecule has 0 saturated carbocycles. The molecule has 0 aliphatic carbocycles. The SMILES string of the molecule is C=C(C[CH2+])CC[CH]CC. The van der Waals surface area contributed by atoms with Gasteiger partial charge in [0.25, 0.3) is 0 Å². The Morgan fingerprint density at radius 1 is 1.67 bits per heavy atom. The van der Waals surface area contributed by atoms with Gasteiger partial charge in [-0.3, -0.25) is 0 Å². The maximum Gasteiger partial charge on any atom is 0.106 e. The van der Waals surface area contributed by atoms with E-state index in [9.17, 15) is 0 Å². The van der Waals surface area contributed by atoms with Crippen molar-refractivity contribution in [2.45, 2.75) is 32.6 Å². The number of hydrogen-bond donors (Lipinski definition) is 0. The minimum Gasteiger partial charge on any atom is -0.0956 e. The molecule has 0 nitrogen and oxygen atoms in total. The molecular weight excluding hydrogens is 108 g/mol. The Labute approximate surface area is 59.0 Å². The summed E-state index contributed by atoms with van der Waals surface area (Å²) in [5.74, 6) is 0. The van der Waals surface area contributed by atoms with E-state index < -0.39 is 0 Å². The lowest BCUT2D eigenvalue weighted by atomic mass is 10.1. The summed E-state index contributed by atoms with van der Waals surface area (Å²) in [4.78, 5) is 0. The molecule has 0 aliphatic heterocycles. The standard InChI is InChI=1S/C9H16/c1-4-6-7-8-9(3)5-2/h6H,2-5,7-8H2,1H3/q+1. The van der Waals surface area contributed by atoms with Crippen molar-refractivity contribution in [3.63, 3.8) is 0 Å². The number of rotatable bonds is 5. The summed E-state index contributed by atoms with van der Waals surface area (Å²) < 4.78 is 0. The summed E-state index contributed by atoms with van der Waals surface area (Å²) in [5.41, 5.74) is 1.26. The zero-order valence-electron chi connectivity index (χ0n) is 6.32. The van der Waals surface area contributed by atoms with E-state index in [4.69, 9.17) is 0 Å². The first-order valence-electron chi connectivity index (χ1n) is 3.58. The molecule has 0 unspecified atom stereocenters. The lowest BCUT2D eigenvalue weighted by Crippen LogP contribution is -1.79. The van der Waals surface area contributed by atoms with E-state index >= 15 is 0 Å². The second-order valence-electron chi connectivity index (χ2n) is 2.24. The third-order valence-electron chi connectivity index (χ3n) is 1.34. The van der Waals surface area contributed by atoms with Crippen LogP contribution in [-0.4, -0.2) is 0 Å². The molecule has 0 bridgehead atoms. The molecule has 0 amide bonds. The lowest BCUT2D eigenvalue weighted by molar-refractivity contribution is 0.853. The molecule has 0 N–H and O–H groups in total. The van der Waals surface area contributed by atoms with Crippen molar-refractivity contribution in [2.75, 3.05) is 0 Å². The van der Waals surface area contributed by atoms with Gasteiger partial charge in [0.15, 0.2) is 0 Å². The van der Waals surface area contributed by atoms with Crippen molar-refractivity contribution in [3.05, 3.63) is 25.5 Å². The molecule has 0 spiro atoms. The van der Waals surface area contributed by atoms with E-state index in [0.29, 0.717) is 0 Å². The molecule has 1 radical (unpaired) electrons. The van der Waals surface area contributed by atoms with Gasteiger partial charge in [0.05, 0.1) is 6.92 Å². The predicted molar refractivity (Wildman–Crippen MR) is 42.9 cm³/mol. The highest BCUT2D eigenvalue weighted by molar-refractivity contribution is 4.95. The summed E-state index contributed by atoms with van der Waals surface area (Å²) in [7, 11) is 0. The van der Waals surface area contributed by atoms with Crippen LogP contribution >= 0.6 is 0 Å². The Morgan fingerprint density at radius 3 is 2.78 bits per heavy atom. The third kappa shape index (κ3) is 5.48. The van der Waals surface area contributed by atoms with Gasteiger partial charge >= 0.3 is 0 Å². The number of allylic oxidation sites excluding steroid dienone is 1. The van der Waals surface area contributed by atoms with Crippen molar-refractivity contribution in [2.24, 2.45) is 0 Å². The molecule has 0 fully saturated rings. The summed E-state index contributed by atoms with van der Waals surface area (Å²) in [6.07, 6.45) is 6.63. The fourth-order valence-electron chi connectivity index (χ4n) is 0.635. The normalized spacial score (nSPS) is 9.44. The van der Waals surface area contributed by atoms with Gasteiger partial charge in [-0.05, 0) is 24.8 Å². The molecular formula is C9H16+. The molecule has 0 rings (SSSR count). The van der Waals surface area contributed by atoms with Crippen LogP contribution in [0.15, 0.2) is 12.2 Å². The second kappa shape index (κ2) is 5.74. The fraction of sp³-hybridized carbons (Fsp3) is 0.556. The third-order valence-corrected chi connectivity index (χ3v) is 1.34. The van der Waals surface area contributed by atoms with E-state index in [2.05, 4.69) is 26.8 Å². The summed E-state index contributed by atoms with van der Waals surface area (Å²) >= 11 is 0. The van der Waals surface area contributed by atoms with Crippen molar-refractivity contribution in [1.29, 1.82) is 0 Å². The molecule has 0 saturated heterocycles. The van der Waals surface area contributed by atoms with Crippen LogP contribution in [0, 0.1) is 13.3 Å². The quantitative estimate of drug-likeness (QED) is 0.300. The Kier molecular flexibility index (Phi) is 5.49. The Balaban J connectivity index is 2.97. The van der Waals surface area contributed by atoms with Gasteiger partial charge in [-0.25, -0.2) is 0 Å². The number of hydrogen-bond acceptors (Lipinski definition) is 0. The molecule has 0 aromatic rings. The Bertz CT molecular complexity index is 72.1. The zero-order valence-corrected chi connectivity index (χ0v) is 6.32. The van der Waals surface area contributed by atoms with Crippen molar-refractivity contribution in [3.8, 4) is 0 Å². The van der Waals surface area contributed by atoms with Crippen molar-refractivity contribution >= 4 is 0 Å². The number of unbranched alkanes of at least 4 members (excludes halogenated alkanes) is 2. The maximum atomic E-state index is 3.86. The first-order valence-corrected chi connectivity index (χ1v) is 3.58. The first-order chi connectivity index (χ1) is 4.31. The van der Waals surface area contributed by atoms with Crippen molar-refractivity contribution in [1.82, 2.24) is 0 Å². The van der Waals surface area contributed by atoms with Gasteiger partial charge in [-0.2, -0.15) is 0 Å². The largest absolute Gasteiger partial charge is 0.106 e. The summed E-state index contributed by atoms with van der Waals surface area (Å²) in [6.45, 7) is 9.77. The molecule has 51 valence electrons. The van der Waals surface area contributed by atoms with Gasteiger partial charge in [0.1, 0.15) is 6.42 Å². The average molecular weight is 124 g/mol.